The fraction of sp³-hybridized carbons (Fsp3) is 0.417. The van der Waals surface area contributed by atoms with Crippen molar-refractivity contribution < 1.29 is 9.53 Å². The summed E-state index contributed by atoms with van der Waals surface area (Å²) in [5.74, 6) is 0.770. The van der Waals surface area contributed by atoms with Gasteiger partial charge in [-0.2, -0.15) is 0 Å². The number of methoxy groups -OCH3 is 1. The molecular weight excluding hydrogens is 226 g/mol. The third-order valence-electron chi connectivity index (χ3n) is 2.37. The van der Waals surface area contributed by atoms with E-state index in [1.54, 1.807) is 18.1 Å². The third-order valence-corrected chi connectivity index (χ3v) is 2.37. The van der Waals surface area contributed by atoms with E-state index in [1.165, 1.54) is 0 Å². The normalized spacial score (nSPS) is 9.19. The van der Waals surface area contributed by atoms with Crippen molar-refractivity contribution in [1.82, 2.24) is 4.90 Å². The van der Waals surface area contributed by atoms with Gasteiger partial charge in [0.2, 0.25) is 0 Å². The Hall–Kier alpha value is -1.22. The van der Waals surface area contributed by atoms with Crippen LogP contribution in [0, 0.1) is 0 Å². The zero-order chi connectivity index (χ0) is 11.3. The van der Waals surface area contributed by atoms with Crippen molar-refractivity contribution in [2.45, 2.75) is 13.8 Å². The van der Waals surface area contributed by atoms with Crippen LogP contribution in [0.3, 0.4) is 0 Å². The molecule has 0 saturated heterocycles. The molecule has 1 aromatic rings. The van der Waals surface area contributed by atoms with Gasteiger partial charge in [0.15, 0.2) is 0 Å². The highest BCUT2D eigenvalue weighted by Gasteiger charge is 2.12. The number of hydrogen-bond acceptors (Lipinski definition) is 2. The van der Waals surface area contributed by atoms with E-state index >= 15 is 0 Å². The van der Waals surface area contributed by atoms with Crippen molar-refractivity contribution in [3.8, 4) is 5.75 Å². The van der Waals surface area contributed by atoms with E-state index < -0.39 is 0 Å². The molecular formula is C12H18ClNO2. The van der Waals surface area contributed by atoms with Gasteiger partial charge in [0.1, 0.15) is 5.75 Å². The molecule has 0 aromatic heterocycles. The summed E-state index contributed by atoms with van der Waals surface area (Å²) < 4.78 is 5.08. The van der Waals surface area contributed by atoms with Crippen LogP contribution >= 0.6 is 12.4 Å². The van der Waals surface area contributed by atoms with Crippen LogP contribution in [0.4, 0.5) is 0 Å². The zero-order valence-corrected chi connectivity index (χ0v) is 10.7. The van der Waals surface area contributed by atoms with Crippen LogP contribution in [0.5, 0.6) is 5.75 Å². The minimum absolute atomic E-state index is 0. The van der Waals surface area contributed by atoms with E-state index in [4.69, 9.17) is 4.74 Å². The fourth-order valence-electron chi connectivity index (χ4n) is 1.45. The molecule has 1 aromatic carbocycles. The predicted molar refractivity (Wildman–Crippen MR) is 67.5 cm³/mol. The molecule has 16 heavy (non-hydrogen) atoms. The Bertz CT molecular complexity index is 338. The van der Waals surface area contributed by atoms with Crippen LogP contribution in [-0.4, -0.2) is 31.0 Å². The van der Waals surface area contributed by atoms with Gasteiger partial charge in [-0.05, 0) is 32.0 Å². The van der Waals surface area contributed by atoms with Crippen molar-refractivity contribution in [1.29, 1.82) is 0 Å². The molecule has 90 valence electrons. The lowest BCUT2D eigenvalue weighted by Crippen LogP contribution is -2.30. The number of ether oxygens (including phenoxy) is 1. The Morgan fingerprint density at radius 1 is 1.31 bits per heavy atom. The molecule has 4 heteroatoms. The van der Waals surface area contributed by atoms with E-state index in [9.17, 15) is 4.79 Å². The first kappa shape index (κ1) is 14.8. The Morgan fingerprint density at radius 2 is 1.94 bits per heavy atom. The lowest BCUT2D eigenvalue weighted by molar-refractivity contribution is 0.0772. The minimum Gasteiger partial charge on any atom is -0.497 e. The molecule has 0 N–H and O–H groups in total. The van der Waals surface area contributed by atoms with Gasteiger partial charge in [0.25, 0.3) is 5.91 Å². The van der Waals surface area contributed by atoms with Crippen molar-refractivity contribution in [3.05, 3.63) is 29.8 Å². The summed E-state index contributed by atoms with van der Waals surface area (Å²) in [5, 5.41) is 0. The van der Waals surface area contributed by atoms with Gasteiger partial charge in [-0.1, -0.05) is 6.07 Å². The smallest absolute Gasteiger partial charge is 0.253 e. The first-order chi connectivity index (χ1) is 7.22. The number of carbonyl (C=O) groups is 1. The van der Waals surface area contributed by atoms with Gasteiger partial charge in [0.05, 0.1) is 7.11 Å². The molecule has 0 aliphatic heterocycles. The molecule has 0 aliphatic rings. The van der Waals surface area contributed by atoms with Crippen molar-refractivity contribution in [2.75, 3.05) is 20.2 Å². The average Bonchev–Trinajstić information content (AvgIpc) is 2.30. The third kappa shape index (κ3) is 3.42. The Labute approximate surface area is 103 Å². The molecule has 0 fully saturated rings. The first-order valence-corrected chi connectivity index (χ1v) is 5.16. The zero-order valence-electron chi connectivity index (χ0n) is 9.90. The second-order valence-corrected chi connectivity index (χ2v) is 3.21. The number of rotatable bonds is 4. The highest BCUT2D eigenvalue weighted by Crippen LogP contribution is 2.14. The van der Waals surface area contributed by atoms with E-state index in [-0.39, 0.29) is 18.3 Å². The van der Waals surface area contributed by atoms with Gasteiger partial charge < -0.3 is 9.64 Å². The quantitative estimate of drug-likeness (QED) is 0.814. The molecule has 0 atom stereocenters. The topological polar surface area (TPSA) is 29.5 Å². The van der Waals surface area contributed by atoms with Crippen LogP contribution < -0.4 is 4.74 Å². The summed E-state index contributed by atoms with van der Waals surface area (Å²) in [4.78, 5) is 13.7. The largest absolute Gasteiger partial charge is 0.497 e. The van der Waals surface area contributed by atoms with Crippen molar-refractivity contribution in [2.24, 2.45) is 0 Å². The summed E-state index contributed by atoms with van der Waals surface area (Å²) in [6.07, 6.45) is 0. The Morgan fingerprint density at radius 3 is 2.44 bits per heavy atom. The Balaban J connectivity index is 0.00000225. The second kappa shape index (κ2) is 7.12. The molecule has 3 nitrogen and oxygen atoms in total. The van der Waals surface area contributed by atoms with Gasteiger partial charge in [-0.15, -0.1) is 12.4 Å². The van der Waals surface area contributed by atoms with E-state index in [0.29, 0.717) is 11.3 Å². The first-order valence-electron chi connectivity index (χ1n) is 5.16. The van der Waals surface area contributed by atoms with E-state index in [2.05, 4.69) is 0 Å². The van der Waals surface area contributed by atoms with Gasteiger partial charge in [-0.3, -0.25) is 4.79 Å². The van der Waals surface area contributed by atoms with E-state index in [1.807, 2.05) is 32.0 Å². The number of amides is 1. The molecule has 1 rings (SSSR count). The summed E-state index contributed by atoms with van der Waals surface area (Å²) in [6, 6.07) is 7.23. The van der Waals surface area contributed by atoms with Gasteiger partial charge in [-0.25, -0.2) is 0 Å². The van der Waals surface area contributed by atoms with Crippen molar-refractivity contribution in [3.63, 3.8) is 0 Å². The van der Waals surface area contributed by atoms with Gasteiger partial charge in [0, 0.05) is 18.7 Å². The highest BCUT2D eigenvalue weighted by molar-refractivity contribution is 5.94. The van der Waals surface area contributed by atoms with Crippen LogP contribution in [0.1, 0.15) is 24.2 Å². The SMILES string of the molecule is CCN(CC)C(=O)c1cccc(OC)c1.Cl. The number of hydrogen-bond donors (Lipinski definition) is 0. The maximum atomic E-state index is 11.9. The molecule has 0 saturated carbocycles. The van der Waals surface area contributed by atoms with Crippen molar-refractivity contribution >= 4 is 18.3 Å². The van der Waals surface area contributed by atoms with Crippen LogP contribution in [-0.2, 0) is 0 Å². The number of carbonyl (C=O) groups excluding carboxylic acids is 1. The lowest BCUT2D eigenvalue weighted by atomic mass is 10.2. The predicted octanol–water partition coefficient (Wildman–Crippen LogP) is 2.60. The average molecular weight is 244 g/mol. The molecule has 0 spiro atoms. The molecule has 0 bridgehead atoms. The summed E-state index contributed by atoms with van der Waals surface area (Å²) >= 11 is 0. The molecule has 0 unspecified atom stereocenters. The molecule has 0 radical (unpaired) electrons. The standard InChI is InChI=1S/C12H17NO2.ClH/c1-4-13(5-2)12(14)10-7-6-8-11(9-10)15-3;/h6-9H,4-5H2,1-3H3;1H. The molecule has 0 heterocycles. The number of halogens is 1. The summed E-state index contributed by atoms with van der Waals surface area (Å²) in [6.45, 7) is 5.40. The summed E-state index contributed by atoms with van der Waals surface area (Å²) in [7, 11) is 1.60. The fourth-order valence-corrected chi connectivity index (χ4v) is 1.45. The maximum Gasteiger partial charge on any atom is 0.253 e. The maximum absolute atomic E-state index is 11.9. The number of benzene rings is 1. The van der Waals surface area contributed by atoms with Crippen LogP contribution in [0.15, 0.2) is 24.3 Å². The van der Waals surface area contributed by atoms with Crippen LogP contribution in [0.2, 0.25) is 0 Å². The van der Waals surface area contributed by atoms with Crippen LogP contribution in [0.25, 0.3) is 0 Å². The monoisotopic (exact) mass is 243 g/mol. The summed E-state index contributed by atoms with van der Waals surface area (Å²) in [5.41, 5.74) is 0.679. The van der Waals surface area contributed by atoms with Gasteiger partial charge >= 0.3 is 0 Å². The highest BCUT2D eigenvalue weighted by atomic mass is 35.5. The number of nitrogens with zero attached hydrogens (tertiary/aromatic N) is 1. The molecule has 1 amide bonds. The second-order valence-electron chi connectivity index (χ2n) is 3.21. The Kier molecular flexibility index (Phi) is 6.58. The molecule has 0 aliphatic carbocycles. The van der Waals surface area contributed by atoms with E-state index in [0.717, 1.165) is 13.1 Å². The minimum atomic E-state index is 0. The lowest BCUT2D eigenvalue weighted by Gasteiger charge is -2.18.